The molecule has 1 atom stereocenters. The summed E-state index contributed by atoms with van der Waals surface area (Å²) in [6.45, 7) is 3.65. The molecule has 7 heteroatoms. The second-order valence-electron chi connectivity index (χ2n) is 3.55. The van der Waals surface area contributed by atoms with Crippen LogP contribution in [0.25, 0.3) is 0 Å². The van der Waals surface area contributed by atoms with E-state index >= 15 is 0 Å². The molecular formula is C10H16N4O3. The maximum Gasteiger partial charge on any atom is 0.325 e. The SMILES string of the molecule is CCOC(=O)CN(C)C(=O)C(C)n1cncn1. The highest BCUT2D eigenvalue weighted by Crippen LogP contribution is 2.06. The molecule has 1 amide bonds. The molecule has 0 N–H and O–H groups in total. The molecule has 0 radical (unpaired) electrons. The molecule has 17 heavy (non-hydrogen) atoms. The molecule has 1 rings (SSSR count). The molecule has 1 unspecified atom stereocenters. The fraction of sp³-hybridized carbons (Fsp3) is 0.600. The van der Waals surface area contributed by atoms with Gasteiger partial charge in [0.15, 0.2) is 0 Å². The maximum atomic E-state index is 11.9. The Morgan fingerprint density at radius 3 is 2.76 bits per heavy atom. The first-order chi connectivity index (χ1) is 8.06. The van der Waals surface area contributed by atoms with Crippen LogP contribution in [0.15, 0.2) is 12.7 Å². The summed E-state index contributed by atoms with van der Waals surface area (Å²) in [5.41, 5.74) is 0. The second kappa shape index (κ2) is 5.97. The number of likely N-dealkylation sites (N-methyl/N-ethyl adjacent to an activating group) is 1. The lowest BCUT2D eigenvalue weighted by Crippen LogP contribution is -2.37. The summed E-state index contributed by atoms with van der Waals surface area (Å²) >= 11 is 0. The Labute approximate surface area is 99.4 Å². The number of nitrogens with zero attached hydrogens (tertiary/aromatic N) is 4. The summed E-state index contributed by atoms with van der Waals surface area (Å²) in [6, 6.07) is -0.489. The third kappa shape index (κ3) is 3.54. The summed E-state index contributed by atoms with van der Waals surface area (Å²) in [6.07, 6.45) is 2.82. The zero-order valence-electron chi connectivity index (χ0n) is 10.2. The van der Waals surface area contributed by atoms with Gasteiger partial charge in [-0.15, -0.1) is 0 Å². The Bertz CT molecular complexity index is 377. The monoisotopic (exact) mass is 240 g/mol. The van der Waals surface area contributed by atoms with Crippen molar-refractivity contribution in [2.24, 2.45) is 0 Å². The van der Waals surface area contributed by atoms with Crippen molar-refractivity contribution < 1.29 is 14.3 Å². The van der Waals surface area contributed by atoms with Gasteiger partial charge in [-0.1, -0.05) is 0 Å². The molecule has 7 nitrogen and oxygen atoms in total. The van der Waals surface area contributed by atoms with Crippen LogP contribution in [0.3, 0.4) is 0 Å². The first-order valence-corrected chi connectivity index (χ1v) is 5.31. The highest BCUT2D eigenvalue weighted by Gasteiger charge is 2.21. The molecule has 0 aliphatic rings. The van der Waals surface area contributed by atoms with Gasteiger partial charge in [0, 0.05) is 7.05 Å². The van der Waals surface area contributed by atoms with Gasteiger partial charge in [0.25, 0.3) is 0 Å². The van der Waals surface area contributed by atoms with Crippen molar-refractivity contribution in [3.63, 3.8) is 0 Å². The number of aromatic nitrogens is 3. The quantitative estimate of drug-likeness (QED) is 0.669. The number of ether oxygens (including phenoxy) is 1. The lowest BCUT2D eigenvalue weighted by atomic mass is 10.3. The summed E-state index contributed by atoms with van der Waals surface area (Å²) in [4.78, 5) is 28.2. The van der Waals surface area contributed by atoms with E-state index in [4.69, 9.17) is 4.74 Å². The Kier molecular flexibility index (Phi) is 4.62. The van der Waals surface area contributed by atoms with Gasteiger partial charge >= 0.3 is 5.97 Å². The number of esters is 1. The second-order valence-corrected chi connectivity index (χ2v) is 3.55. The summed E-state index contributed by atoms with van der Waals surface area (Å²) in [5.74, 6) is -0.641. The minimum atomic E-state index is -0.489. The van der Waals surface area contributed by atoms with Crippen molar-refractivity contribution in [3.8, 4) is 0 Å². The number of carbonyl (C=O) groups excluding carboxylic acids is 2. The molecule has 0 aliphatic heterocycles. The Morgan fingerprint density at radius 1 is 1.53 bits per heavy atom. The summed E-state index contributed by atoms with van der Waals surface area (Å²) < 4.78 is 6.20. The van der Waals surface area contributed by atoms with Crippen LogP contribution in [-0.4, -0.2) is 51.7 Å². The number of hydrogen-bond donors (Lipinski definition) is 0. The molecule has 0 fully saturated rings. The number of amides is 1. The summed E-state index contributed by atoms with van der Waals surface area (Å²) in [7, 11) is 1.55. The molecule has 0 saturated heterocycles. The standard InChI is InChI=1S/C10H16N4O3/c1-4-17-9(15)5-13(3)10(16)8(2)14-7-11-6-12-14/h6-8H,4-5H2,1-3H3. The predicted molar refractivity (Wildman–Crippen MR) is 59.0 cm³/mol. The lowest BCUT2D eigenvalue weighted by Gasteiger charge is -2.20. The molecule has 0 bridgehead atoms. The Morgan fingerprint density at radius 2 is 2.24 bits per heavy atom. The highest BCUT2D eigenvalue weighted by molar-refractivity contribution is 5.84. The Hall–Kier alpha value is -1.92. The van der Waals surface area contributed by atoms with Gasteiger partial charge in [-0.25, -0.2) is 9.67 Å². The molecule has 0 aromatic carbocycles. The minimum Gasteiger partial charge on any atom is -0.465 e. The maximum absolute atomic E-state index is 11.9. The van der Waals surface area contributed by atoms with Crippen molar-refractivity contribution in [1.82, 2.24) is 19.7 Å². The van der Waals surface area contributed by atoms with Gasteiger partial charge < -0.3 is 9.64 Å². The van der Waals surface area contributed by atoms with Crippen LogP contribution in [0, 0.1) is 0 Å². The molecule has 0 spiro atoms. The zero-order valence-corrected chi connectivity index (χ0v) is 10.2. The third-order valence-electron chi connectivity index (χ3n) is 2.24. The van der Waals surface area contributed by atoms with Gasteiger partial charge in [0.2, 0.25) is 5.91 Å². The van der Waals surface area contributed by atoms with Crippen LogP contribution in [0.1, 0.15) is 19.9 Å². The predicted octanol–water partition coefficient (Wildman–Crippen LogP) is -0.139. The topological polar surface area (TPSA) is 77.3 Å². The molecule has 0 aliphatic carbocycles. The largest absolute Gasteiger partial charge is 0.465 e. The van der Waals surface area contributed by atoms with E-state index in [-0.39, 0.29) is 12.5 Å². The third-order valence-corrected chi connectivity index (χ3v) is 2.24. The molecule has 94 valence electrons. The van der Waals surface area contributed by atoms with Gasteiger partial charge in [0.05, 0.1) is 6.61 Å². The smallest absolute Gasteiger partial charge is 0.325 e. The van der Waals surface area contributed by atoms with Crippen LogP contribution in [0.2, 0.25) is 0 Å². The average molecular weight is 240 g/mol. The van der Waals surface area contributed by atoms with Crippen molar-refractivity contribution in [2.45, 2.75) is 19.9 Å². The van der Waals surface area contributed by atoms with E-state index < -0.39 is 12.0 Å². The van der Waals surface area contributed by atoms with Crippen LogP contribution in [0.5, 0.6) is 0 Å². The van der Waals surface area contributed by atoms with Crippen molar-refractivity contribution in [3.05, 3.63) is 12.7 Å². The van der Waals surface area contributed by atoms with Crippen LogP contribution in [0.4, 0.5) is 0 Å². The minimum absolute atomic E-state index is 0.0638. The van der Waals surface area contributed by atoms with E-state index in [2.05, 4.69) is 10.1 Å². The van der Waals surface area contributed by atoms with Gasteiger partial charge in [-0.05, 0) is 13.8 Å². The Balaban J connectivity index is 2.55. The number of hydrogen-bond acceptors (Lipinski definition) is 5. The molecule has 1 aromatic rings. The van der Waals surface area contributed by atoms with E-state index in [1.54, 1.807) is 20.9 Å². The van der Waals surface area contributed by atoms with Crippen LogP contribution in [-0.2, 0) is 14.3 Å². The summed E-state index contributed by atoms with van der Waals surface area (Å²) in [5, 5.41) is 3.88. The first kappa shape index (κ1) is 13.1. The first-order valence-electron chi connectivity index (χ1n) is 5.31. The molecular weight excluding hydrogens is 224 g/mol. The van der Waals surface area contributed by atoms with E-state index in [1.165, 1.54) is 22.2 Å². The van der Waals surface area contributed by atoms with Crippen LogP contribution < -0.4 is 0 Å². The molecule has 1 heterocycles. The number of rotatable bonds is 5. The van der Waals surface area contributed by atoms with E-state index in [0.717, 1.165) is 0 Å². The van der Waals surface area contributed by atoms with Crippen LogP contribution >= 0.6 is 0 Å². The average Bonchev–Trinajstić information content (AvgIpc) is 2.80. The van der Waals surface area contributed by atoms with Crippen molar-refractivity contribution >= 4 is 11.9 Å². The number of carbonyl (C=O) groups is 2. The van der Waals surface area contributed by atoms with Crippen molar-refractivity contribution in [2.75, 3.05) is 20.2 Å². The van der Waals surface area contributed by atoms with Gasteiger partial charge in [0.1, 0.15) is 25.2 Å². The van der Waals surface area contributed by atoms with Gasteiger partial charge in [-0.2, -0.15) is 5.10 Å². The normalized spacial score (nSPS) is 11.9. The van der Waals surface area contributed by atoms with E-state index in [0.29, 0.717) is 6.61 Å². The van der Waals surface area contributed by atoms with Gasteiger partial charge in [-0.3, -0.25) is 9.59 Å². The zero-order chi connectivity index (χ0) is 12.8. The van der Waals surface area contributed by atoms with E-state index in [1.807, 2.05) is 0 Å². The van der Waals surface area contributed by atoms with E-state index in [9.17, 15) is 9.59 Å². The fourth-order valence-electron chi connectivity index (χ4n) is 1.33. The van der Waals surface area contributed by atoms with Crippen molar-refractivity contribution in [1.29, 1.82) is 0 Å². The molecule has 1 aromatic heterocycles. The highest BCUT2D eigenvalue weighted by atomic mass is 16.5. The molecule has 0 saturated carbocycles. The lowest BCUT2D eigenvalue weighted by molar-refractivity contribution is -0.149. The fourth-order valence-corrected chi connectivity index (χ4v) is 1.33.